The normalized spacial score (nSPS) is 21.7. The molecule has 2 unspecified atom stereocenters. The van der Waals surface area contributed by atoms with Crippen LogP contribution in [-0.2, 0) is 9.53 Å². The minimum Gasteiger partial charge on any atom is -0.478 e. The van der Waals surface area contributed by atoms with Gasteiger partial charge in [0.15, 0.2) is 0 Å². The molecule has 0 spiro atoms. The standard InChI is InChI=1S/C13H15BrN2O4/c1-20-8-5-11(15-6-8)12(17)16-10-3-2-7(14)4-9(10)13(18)19/h2-4,8,11,15H,5-6H2,1H3,(H,16,17)(H,18,19). The van der Waals surface area contributed by atoms with Crippen LogP contribution in [0.1, 0.15) is 16.8 Å². The van der Waals surface area contributed by atoms with Gasteiger partial charge in [-0.05, 0) is 24.6 Å². The zero-order valence-electron chi connectivity index (χ0n) is 10.9. The molecule has 108 valence electrons. The summed E-state index contributed by atoms with van der Waals surface area (Å²) in [4.78, 5) is 23.3. The molecule has 1 aliphatic rings. The third kappa shape index (κ3) is 3.36. The van der Waals surface area contributed by atoms with Gasteiger partial charge >= 0.3 is 5.97 Å². The van der Waals surface area contributed by atoms with Crippen molar-refractivity contribution in [3.8, 4) is 0 Å². The Morgan fingerprint density at radius 1 is 1.50 bits per heavy atom. The predicted octanol–water partition coefficient (Wildman–Crippen LogP) is 1.46. The zero-order chi connectivity index (χ0) is 14.7. The molecule has 6 nitrogen and oxygen atoms in total. The van der Waals surface area contributed by atoms with Gasteiger partial charge in [0.05, 0.1) is 23.4 Å². The number of hydrogen-bond acceptors (Lipinski definition) is 4. The number of benzene rings is 1. The average molecular weight is 343 g/mol. The Labute approximate surface area is 124 Å². The highest BCUT2D eigenvalue weighted by Crippen LogP contribution is 2.22. The van der Waals surface area contributed by atoms with Crippen LogP contribution in [0.3, 0.4) is 0 Å². The number of carbonyl (C=O) groups excluding carboxylic acids is 1. The molecule has 1 aromatic carbocycles. The van der Waals surface area contributed by atoms with E-state index in [4.69, 9.17) is 9.84 Å². The Balaban J connectivity index is 2.10. The molecule has 0 radical (unpaired) electrons. The number of methoxy groups -OCH3 is 1. The van der Waals surface area contributed by atoms with E-state index >= 15 is 0 Å². The van der Waals surface area contributed by atoms with Gasteiger partial charge < -0.3 is 20.5 Å². The molecular formula is C13H15BrN2O4. The SMILES string of the molecule is COC1CNC(C(=O)Nc2ccc(Br)cc2C(=O)O)C1. The summed E-state index contributed by atoms with van der Waals surface area (Å²) >= 11 is 3.21. The van der Waals surface area contributed by atoms with Gasteiger partial charge in [-0.25, -0.2) is 4.79 Å². The summed E-state index contributed by atoms with van der Waals surface area (Å²) in [6.45, 7) is 0.612. The van der Waals surface area contributed by atoms with Crippen molar-refractivity contribution in [1.29, 1.82) is 0 Å². The van der Waals surface area contributed by atoms with Crippen molar-refractivity contribution in [2.75, 3.05) is 19.0 Å². The van der Waals surface area contributed by atoms with Crippen LogP contribution in [0.2, 0.25) is 0 Å². The van der Waals surface area contributed by atoms with E-state index in [0.29, 0.717) is 17.4 Å². The van der Waals surface area contributed by atoms with Gasteiger partial charge in [-0.2, -0.15) is 0 Å². The van der Waals surface area contributed by atoms with Crippen molar-refractivity contribution in [2.45, 2.75) is 18.6 Å². The third-order valence-electron chi connectivity index (χ3n) is 3.21. The van der Waals surface area contributed by atoms with Crippen molar-refractivity contribution >= 4 is 33.5 Å². The predicted molar refractivity (Wildman–Crippen MR) is 76.9 cm³/mol. The summed E-state index contributed by atoms with van der Waals surface area (Å²) < 4.78 is 5.82. The maximum Gasteiger partial charge on any atom is 0.337 e. The second-order valence-corrected chi connectivity index (χ2v) is 5.45. The first kappa shape index (κ1) is 15.0. The monoisotopic (exact) mass is 342 g/mol. The lowest BCUT2D eigenvalue weighted by Gasteiger charge is -2.13. The second-order valence-electron chi connectivity index (χ2n) is 4.54. The molecule has 1 aliphatic heterocycles. The van der Waals surface area contributed by atoms with E-state index in [0.717, 1.165) is 0 Å². The number of carboxylic acids is 1. The van der Waals surface area contributed by atoms with Crippen molar-refractivity contribution in [3.63, 3.8) is 0 Å². The van der Waals surface area contributed by atoms with E-state index in [2.05, 4.69) is 26.6 Å². The van der Waals surface area contributed by atoms with Crippen LogP contribution < -0.4 is 10.6 Å². The minimum atomic E-state index is -1.09. The average Bonchev–Trinajstić information content (AvgIpc) is 2.89. The number of anilines is 1. The minimum absolute atomic E-state index is 0.00890. The smallest absolute Gasteiger partial charge is 0.337 e. The summed E-state index contributed by atoms with van der Waals surface area (Å²) in [7, 11) is 1.60. The maximum absolute atomic E-state index is 12.1. The molecule has 2 atom stereocenters. The van der Waals surface area contributed by atoms with Crippen molar-refractivity contribution in [3.05, 3.63) is 28.2 Å². The Bertz CT molecular complexity index is 535. The molecule has 1 aromatic rings. The zero-order valence-corrected chi connectivity index (χ0v) is 12.4. The van der Waals surface area contributed by atoms with E-state index in [9.17, 15) is 9.59 Å². The maximum atomic E-state index is 12.1. The molecule has 1 amide bonds. The Morgan fingerprint density at radius 2 is 2.25 bits per heavy atom. The number of carbonyl (C=O) groups is 2. The molecule has 1 fully saturated rings. The highest BCUT2D eigenvalue weighted by atomic mass is 79.9. The molecule has 0 aliphatic carbocycles. The summed E-state index contributed by atoms with van der Waals surface area (Å²) in [5, 5.41) is 14.8. The van der Waals surface area contributed by atoms with E-state index in [1.165, 1.54) is 6.07 Å². The second kappa shape index (κ2) is 6.34. The molecule has 3 N–H and O–H groups in total. The summed E-state index contributed by atoms with van der Waals surface area (Å²) in [5.41, 5.74) is 0.336. The largest absolute Gasteiger partial charge is 0.478 e. The van der Waals surface area contributed by atoms with Gasteiger partial charge in [0.25, 0.3) is 0 Å². The highest BCUT2D eigenvalue weighted by Gasteiger charge is 2.29. The molecule has 1 saturated heterocycles. The molecule has 0 bridgehead atoms. The number of carboxylic acid groups (broad SMARTS) is 1. The fourth-order valence-corrected chi connectivity index (χ4v) is 2.47. The van der Waals surface area contributed by atoms with Crippen LogP contribution in [0.15, 0.2) is 22.7 Å². The van der Waals surface area contributed by atoms with Crippen LogP contribution in [-0.4, -0.2) is 42.8 Å². The van der Waals surface area contributed by atoms with Gasteiger partial charge in [0.1, 0.15) is 0 Å². The van der Waals surface area contributed by atoms with Crippen molar-refractivity contribution < 1.29 is 19.4 Å². The third-order valence-corrected chi connectivity index (χ3v) is 3.70. The van der Waals surface area contributed by atoms with Crippen LogP contribution in [0, 0.1) is 0 Å². The van der Waals surface area contributed by atoms with E-state index < -0.39 is 5.97 Å². The molecule has 0 aromatic heterocycles. The number of aromatic carboxylic acids is 1. The van der Waals surface area contributed by atoms with Gasteiger partial charge in [0, 0.05) is 18.1 Å². The molecular weight excluding hydrogens is 328 g/mol. The van der Waals surface area contributed by atoms with Crippen LogP contribution in [0.25, 0.3) is 0 Å². The topological polar surface area (TPSA) is 87.7 Å². The quantitative estimate of drug-likeness (QED) is 0.771. The Hall–Kier alpha value is -1.44. The van der Waals surface area contributed by atoms with Crippen molar-refractivity contribution in [1.82, 2.24) is 5.32 Å². The van der Waals surface area contributed by atoms with E-state index in [1.807, 2.05) is 0 Å². The number of nitrogens with one attached hydrogen (secondary N) is 2. The van der Waals surface area contributed by atoms with Gasteiger partial charge in [-0.3, -0.25) is 4.79 Å². The molecule has 2 rings (SSSR count). The highest BCUT2D eigenvalue weighted by molar-refractivity contribution is 9.10. The van der Waals surface area contributed by atoms with Crippen LogP contribution >= 0.6 is 15.9 Å². The fourth-order valence-electron chi connectivity index (χ4n) is 2.10. The number of amides is 1. The van der Waals surface area contributed by atoms with Gasteiger partial charge in [-0.15, -0.1) is 0 Å². The summed E-state index contributed by atoms with van der Waals surface area (Å²) in [5.74, 6) is -1.34. The molecule has 0 saturated carbocycles. The first-order chi connectivity index (χ1) is 9.51. The Morgan fingerprint density at radius 3 is 2.85 bits per heavy atom. The number of ether oxygens (including phenoxy) is 1. The first-order valence-electron chi connectivity index (χ1n) is 6.11. The fraction of sp³-hybridized carbons (Fsp3) is 0.385. The van der Waals surface area contributed by atoms with Crippen LogP contribution in [0.5, 0.6) is 0 Å². The van der Waals surface area contributed by atoms with E-state index in [1.54, 1.807) is 19.2 Å². The van der Waals surface area contributed by atoms with Gasteiger partial charge in [-0.1, -0.05) is 15.9 Å². The first-order valence-corrected chi connectivity index (χ1v) is 6.90. The lowest BCUT2D eigenvalue weighted by atomic mass is 10.1. The summed E-state index contributed by atoms with van der Waals surface area (Å²) in [6.07, 6.45) is 0.580. The van der Waals surface area contributed by atoms with Crippen LogP contribution in [0.4, 0.5) is 5.69 Å². The molecule has 7 heteroatoms. The van der Waals surface area contributed by atoms with Gasteiger partial charge in [0.2, 0.25) is 5.91 Å². The Kier molecular flexibility index (Phi) is 4.74. The number of halogens is 1. The number of rotatable bonds is 4. The summed E-state index contributed by atoms with van der Waals surface area (Å²) in [6, 6.07) is 4.33. The lowest BCUT2D eigenvalue weighted by molar-refractivity contribution is -0.118. The number of hydrogen-bond donors (Lipinski definition) is 3. The lowest BCUT2D eigenvalue weighted by Crippen LogP contribution is -2.35. The molecule has 20 heavy (non-hydrogen) atoms. The molecule has 1 heterocycles. The van der Waals surface area contributed by atoms with Crippen molar-refractivity contribution in [2.24, 2.45) is 0 Å². The van der Waals surface area contributed by atoms with E-state index in [-0.39, 0.29) is 29.3 Å².